The molecule has 0 fully saturated rings. The minimum atomic E-state index is -0.315. The summed E-state index contributed by atoms with van der Waals surface area (Å²) in [4.78, 5) is 13.2. The Hall–Kier alpha value is -1.88. The number of hydrogen-bond donors (Lipinski definition) is 1. The molecule has 0 bridgehead atoms. The Morgan fingerprint density at radius 2 is 2.19 bits per heavy atom. The van der Waals surface area contributed by atoms with Crippen LogP contribution in [0.4, 0.5) is 11.4 Å². The van der Waals surface area contributed by atoms with Crippen molar-refractivity contribution in [3.8, 4) is 0 Å². The normalized spacial score (nSPS) is 17.3. The van der Waals surface area contributed by atoms with Crippen LogP contribution in [-0.2, 0) is 6.54 Å². The number of allylic oxidation sites excluding steroid dienone is 1. The lowest BCUT2D eigenvalue weighted by Gasteiger charge is -2.36. The van der Waals surface area contributed by atoms with Crippen molar-refractivity contribution in [2.24, 2.45) is 0 Å². The number of fused-ring (bicyclic) bond motifs is 1. The van der Waals surface area contributed by atoms with Gasteiger partial charge in [0.1, 0.15) is 5.69 Å². The Morgan fingerprint density at radius 3 is 2.81 bits per heavy atom. The summed E-state index contributed by atoms with van der Waals surface area (Å²) < 4.78 is 0. The molecule has 0 saturated carbocycles. The molecule has 0 aromatic heterocycles. The van der Waals surface area contributed by atoms with E-state index in [2.05, 4.69) is 44.0 Å². The van der Waals surface area contributed by atoms with E-state index in [1.807, 2.05) is 6.07 Å². The molecule has 21 heavy (non-hydrogen) atoms. The fourth-order valence-corrected chi connectivity index (χ4v) is 2.52. The van der Waals surface area contributed by atoms with Gasteiger partial charge >= 0.3 is 0 Å². The van der Waals surface area contributed by atoms with E-state index < -0.39 is 0 Å². The lowest BCUT2D eigenvalue weighted by molar-refractivity contribution is -0.384. The van der Waals surface area contributed by atoms with Gasteiger partial charge in [0.25, 0.3) is 5.69 Å². The summed E-state index contributed by atoms with van der Waals surface area (Å²) in [6.07, 6.45) is 2.20. The minimum Gasteiger partial charge on any atom is -0.377 e. The maximum absolute atomic E-state index is 11.2. The van der Waals surface area contributed by atoms with Gasteiger partial charge in [0.15, 0.2) is 0 Å². The average molecular weight is 289 g/mol. The second-order valence-electron chi connectivity index (χ2n) is 6.40. The van der Waals surface area contributed by atoms with Crippen molar-refractivity contribution in [3.63, 3.8) is 0 Å². The molecule has 5 nitrogen and oxygen atoms in total. The van der Waals surface area contributed by atoms with E-state index in [4.69, 9.17) is 0 Å². The zero-order valence-corrected chi connectivity index (χ0v) is 13.1. The van der Waals surface area contributed by atoms with Crippen LogP contribution < -0.4 is 5.32 Å². The van der Waals surface area contributed by atoms with Gasteiger partial charge in [0, 0.05) is 31.2 Å². The molecule has 0 aliphatic carbocycles. The summed E-state index contributed by atoms with van der Waals surface area (Å²) in [5, 5.41) is 14.5. The van der Waals surface area contributed by atoms with E-state index in [0.717, 1.165) is 12.1 Å². The second-order valence-corrected chi connectivity index (χ2v) is 6.40. The SMILES string of the molecule is CC(C)=CCN1Cc2cccc([N+](=O)[O-])c2NCC1(C)C. The first kappa shape index (κ1) is 15.5. The molecule has 0 radical (unpaired) electrons. The van der Waals surface area contributed by atoms with E-state index in [9.17, 15) is 10.1 Å². The number of anilines is 1. The number of benzene rings is 1. The van der Waals surface area contributed by atoms with Gasteiger partial charge in [0.05, 0.1) is 4.92 Å². The first-order valence-corrected chi connectivity index (χ1v) is 7.20. The first-order chi connectivity index (χ1) is 9.81. The Balaban J connectivity index is 2.38. The standard InChI is InChI=1S/C16H23N3O2/c1-12(2)8-9-18-10-13-6-5-7-14(19(20)21)15(13)17-11-16(18,3)4/h5-8,17H,9-11H2,1-4H3. The monoisotopic (exact) mass is 289 g/mol. The lowest BCUT2D eigenvalue weighted by atomic mass is 10.0. The third kappa shape index (κ3) is 3.42. The summed E-state index contributed by atoms with van der Waals surface area (Å²) in [7, 11) is 0. The smallest absolute Gasteiger partial charge is 0.292 e. The summed E-state index contributed by atoms with van der Waals surface area (Å²) in [6, 6.07) is 5.28. The van der Waals surface area contributed by atoms with Crippen molar-refractivity contribution in [1.29, 1.82) is 0 Å². The van der Waals surface area contributed by atoms with Crippen LogP contribution in [-0.4, -0.2) is 28.5 Å². The predicted octanol–water partition coefficient (Wildman–Crippen LogP) is 3.57. The third-order valence-corrected chi connectivity index (χ3v) is 3.96. The lowest BCUT2D eigenvalue weighted by Crippen LogP contribution is -2.46. The van der Waals surface area contributed by atoms with E-state index in [0.29, 0.717) is 18.8 Å². The van der Waals surface area contributed by atoms with Gasteiger partial charge in [-0.25, -0.2) is 0 Å². The molecule has 1 aromatic rings. The third-order valence-electron chi connectivity index (χ3n) is 3.96. The molecule has 1 heterocycles. The van der Waals surface area contributed by atoms with Crippen molar-refractivity contribution in [3.05, 3.63) is 45.5 Å². The maximum atomic E-state index is 11.2. The molecule has 1 aliphatic rings. The zero-order valence-electron chi connectivity index (χ0n) is 13.1. The quantitative estimate of drug-likeness (QED) is 0.525. The second kappa shape index (κ2) is 5.85. The van der Waals surface area contributed by atoms with Gasteiger partial charge in [-0.15, -0.1) is 0 Å². The zero-order chi connectivity index (χ0) is 15.6. The Kier molecular flexibility index (Phi) is 4.32. The maximum Gasteiger partial charge on any atom is 0.292 e. The van der Waals surface area contributed by atoms with E-state index in [-0.39, 0.29) is 16.1 Å². The number of nitrogens with zero attached hydrogens (tertiary/aromatic N) is 2. The first-order valence-electron chi connectivity index (χ1n) is 7.20. The highest BCUT2D eigenvalue weighted by Gasteiger charge is 2.32. The van der Waals surface area contributed by atoms with Gasteiger partial charge in [-0.05, 0) is 33.3 Å². The van der Waals surface area contributed by atoms with Crippen LogP contribution in [0, 0.1) is 10.1 Å². The van der Waals surface area contributed by atoms with Crippen LogP contribution >= 0.6 is 0 Å². The van der Waals surface area contributed by atoms with Crippen LogP contribution in [0.15, 0.2) is 29.8 Å². The van der Waals surface area contributed by atoms with Crippen LogP contribution in [0.2, 0.25) is 0 Å². The molecule has 1 N–H and O–H groups in total. The Morgan fingerprint density at radius 1 is 1.48 bits per heavy atom. The van der Waals surface area contributed by atoms with Crippen molar-refractivity contribution in [2.75, 3.05) is 18.4 Å². The van der Waals surface area contributed by atoms with Gasteiger partial charge < -0.3 is 5.32 Å². The number of rotatable bonds is 3. The number of nitro benzene ring substituents is 1. The molecule has 0 unspecified atom stereocenters. The number of nitro groups is 1. The largest absolute Gasteiger partial charge is 0.377 e. The molecule has 5 heteroatoms. The van der Waals surface area contributed by atoms with Gasteiger partial charge in [0.2, 0.25) is 0 Å². The van der Waals surface area contributed by atoms with Gasteiger partial charge in [-0.1, -0.05) is 23.8 Å². The van der Waals surface area contributed by atoms with Crippen LogP contribution in [0.5, 0.6) is 0 Å². The molecule has 1 aromatic carbocycles. The number of hydrogen-bond acceptors (Lipinski definition) is 4. The van der Waals surface area contributed by atoms with Gasteiger partial charge in [-0.2, -0.15) is 0 Å². The van der Waals surface area contributed by atoms with Crippen LogP contribution in [0.25, 0.3) is 0 Å². The van der Waals surface area contributed by atoms with E-state index >= 15 is 0 Å². The summed E-state index contributed by atoms with van der Waals surface area (Å²) in [5.41, 5.74) is 3.01. The van der Waals surface area contributed by atoms with Gasteiger partial charge in [-0.3, -0.25) is 15.0 Å². The Labute approximate surface area is 125 Å². The van der Waals surface area contributed by atoms with Crippen LogP contribution in [0.3, 0.4) is 0 Å². The molecule has 114 valence electrons. The highest BCUT2D eigenvalue weighted by atomic mass is 16.6. The molecule has 0 atom stereocenters. The Bertz CT molecular complexity index is 575. The highest BCUT2D eigenvalue weighted by Crippen LogP contribution is 2.34. The molecular formula is C16H23N3O2. The summed E-state index contributed by atoms with van der Waals surface area (Å²) in [5.74, 6) is 0. The fourth-order valence-electron chi connectivity index (χ4n) is 2.52. The number of para-hydroxylation sites is 1. The van der Waals surface area contributed by atoms with Crippen molar-refractivity contribution in [1.82, 2.24) is 4.90 Å². The van der Waals surface area contributed by atoms with Crippen LogP contribution in [0.1, 0.15) is 33.3 Å². The molecule has 0 amide bonds. The van der Waals surface area contributed by atoms with E-state index in [1.165, 1.54) is 5.57 Å². The van der Waals surface area contributed by atoms with E-state index in [1.54, 1.807) is 12.1 Å². The summed E-state index contributed by atoms with van der Waals surface area (Å²) >= 11 is 0. The predicted molar refractivity (Wildman–Crippen MR) is 85.5 cm³/mol. The molecular weight excluding hydrogens is 266 g/mol. The van der Waals surface area contributed by atoms with Crippen molar-refractivity contribution < 1.29 is 4.92 Å². The highest BCUT2D eigenvalue weighted by molar-refractivity contribution is 5.67. The molecule has 0 saturated heterocycles. The fraction of sp³-hybridized carbons (Fsp3) is 0.500. The minimum absolute atomic E-state index is 0.0706. The van der Waals surface area contributed by atoms with Crippen molar-refractivity contribution >= 4 is 11.4 Å². The average Bonchev–Trinajstić information content (AvgIpc) is 2.52. The molecule has 1 aliphatic heterocycles. The molecule has 0 spiro atoms. The topological polar surface area (TPSA) is 58.4 Å². The van der Waals surface area contributed by atoms with Crippen molar-refractivity contribution in [2.45, 2.75) is 39.8 Å². The summed E-state index contributed by atoms with van der Waals surface area (Å²) in [6.45, 7) is 10.7. The molecule has 2 rings (SSSR count). The number of nitrogens with one attached hydrogen (secondary N) is 1.